The van der Waals surface area contributed by atoms with E-state index in [0.29, 0.717) is 12.8 Å². The van der Waals surface area contributed by atoms with Crippen molar-refractivity contribution in [2.75, 3.05) is 19.6 Å². The summed E-state index contributed by atoms with van der Waals surface area (Å²) in [5.41, 5.74) is 1.83. The summed E-state index contributed by atoms with van der Waals surface area (Å²) in [6.07, 6.45) is 1.11. The lowest BCUT2D eigenvalue weighted by atomic mass is 9.97. The highest BCUT2D eigenvalue weighted by Gasteiger charge is 2.48. The van der Waals surface area contributed by atoms with E-state index < -0.39 is 48.9 Å². The first-order valence-corrected chi connectivity index (χ1v) is 12.5. The number of carboxylic acids is 1. The topological polar surface area (TPSA) is 157 Å². The van der Waals surface area contributed by atoms with Crippen LogP contribution in [0.1, 0.15) is 17.5 Å². The molecule has 4 rings (SSSR count). The van der Waals surface area contributed by atoms with Crippen molar-refractivity contribution in [3.8, 4) is 0 Å². The molecule has 2 aliphatic rings. The normalized spacial score (nSPS) is 20.9. The molecular weight excluding hydrogens is 490 g/mol. The van der Waals surface area contributed by atoms with Crippen molar-refractivity contribution in [3.63, 3.8) is 0 Å². The Morgan fingerprint density at radius 3 is 2.26 bits per heavy atom. The number of carbonyl (C=O) groups excluding carboxylic acids is 4. The third-order valence-electron chi connectivity index (χ3n) is 6.73. The molecule has 0 saturated carbocycles. The Hall–Kier alpha value is -4.25. The van der Waals surface area contributed by atoms with Gasteiger partial charge in [0.15, 0.2) is 0 Å². The smallest absolute Gasteiger partial charge is 0.322 e. The number of aliphatic carboxylic acids is 1. The van der Waals surface area contributed by atoms with Gasteiger partial charge in [-0.2, -0.15) is 0 Å². The van der Waals surface area contributed by atoms with E-state index in [1.165, 1.54) is 0 Å². The molecule has 4 atom stereocenters. The van der Waals surface area contributed by atoms with Crippen LogP contribution in [0.5, 0.6) is 0 Å². The Kier molecular flexibility index (Phi) is 8.70. The number of amides is 4. The molecule has 0 aliphatic carbocycles. The lowest BCUT2D eigenvalue weighted by molar-refractivity contribution is -0.139. The van der Waals surface area contributed by atoms with Gasteiger partial charge in [0.2, 0.25) is 23.6 Å². The Balaban J connectivity index is 1.31. The number of rotatable bonds is 11. The van der Waals surface area contributed by atoms with Gasteiger partial charge in [-0.05, 0) is 24.0 Å². The highest BCUT2D eigenvalue weighted by atomic mass is 16.4. The summed E-state index contributed by atoms with van der Waals surface area (Å²) in [6, 6.07) is 16.9. The molecule has 2 aliphatic heterocycles. The number of hydrogen-bond acceptors (Lipinski definition) is 6. The molecule has 2 fully saturated rings. The summed E-state index contributed by atoms with van der Waals surface area (Å²) in [4.78, 5) is 63.6. The monoisotopic (exact) mass is 521 g/mol. The molecule has 0 spiro atoms. The molecule has 200 valence electrons. The minimum absolute atomic E-state index is 0.0912. The van der Waals surface area contributed by atoms with Gasteiger partial charge in [0.25, 0.3) is 0 Å². The van der Waals surface area contributed by atoms with E-state index in [9.17, 15) is 24.0 Å². The number of hydrogen-bond donors (Lipinski definition) is 5. The van der Waals surface area contributed by atoms with Crippen LogP contribution in [0.15, 0.2) is 60.7 Å². The van der Waals surface area contributed by atoms with Gasteiger partial charge in [0.1, 0.15) is 18.6 Å². The Morgan fingerprint density at radius 1 is 0.947 bits per heavy atom. The van der Waals surface area contributed by atoms with Crippen molar-refractivity contribution in [3.05, 3.63) is 71.8 Å². The maximum atomic E-state index is 13.1. The molecule has 38 heavy (non-hydrogen) atoms. The van der Waals surface area contributed by atoms with Crippen LogP contribution >= 0.6 is 0 Å². The number of fused-ring (bicyclic) bond motifs is 1. The predicted octanol–water partition coefficient (Wildman–Crippen LogP) is -0.580. The molecule has 0 aromatic heterocycles. The largest absolute Gasteiger partial charge is 0.480 e. The van der Waals surface area contributed by atoms with Crippen LogP contribution in [0, 0.1) is 5.92 Å². The van der Waals surface area contributed by atoms with Gasteiger partial charge in [0, 0.05) is 18.9 Å². The molecule has 2 aromatic carbocycles. The SMILES string of the molecule is O=C(O)CNC(=O)[C@H](Cc1ccccc1)NC(=O)CNC(=O)[C@@H]1CN[C@H]2CC(Cc3ccccc3)C(=O)N21. The minimum atomic E-state index is -1.21. The van der Waals surface area contributed by atoms with Gasteiger partial charge in [-0.3, -0.25) is 29.3 Å². The first kappa shape index (κ1) is 26.8. The van der Waals surface area contributed by atoms with Crippen molar-refractivity contribution in [2.45, 2.75) is 37.5 Å². The maximum absolute atomic E-state index is 13.1. The molecule has 2 heterocycles. The van der Waals surface area contributed by atoms with Crippen LogP contribution in [0.2, 0.25) is 0 Å². The molecule has 0 bridgehead atoms. The fraction of sp³-hybridized carbons (Fsp3) is 0.370. The van der Waals surface area contributed by atoms with E-state index in [1.807, 2.05) is 36.4 Å². The molecule has 2 aromatic rings. The van der Waals surface area contributed by atoms with Crippen molar-refractivity contribution in [2.24, 2.45) is 5.92 Å². The molecular formula is C27H31N5O6. The third-order valence-corrected chi connectivity index (χ3v) is 6.73. The second-order valence-electron chi connectivity index (χ2n) is 9.45. The quantitative estimate of drug-likeness (QED) is 0.265. The average molecular weight is 522 g/mol. The highest BCUT2D eigenvalue weighted by Crippen LogP contribution is 2.31. The van der Waals surface area contributed by atoms with Gasteiger partial charge in [0.05, 0.1) is 12.7 Å². The second kappa shape index (κ2) is 12.3. The molecule has 11 nitrogen and oxygen atoms in total. The molecule has 5 N–H and O–H groups in total. The highest BCUT2D eigenvalue weighted by molar-refractivity contribution is 5.94. The zero-order valence-electron chi connectivity index (χ0n) is 20.8. The van der Waals surface area contributed by atoms with Crippen LogP contribution in [0.4, 0.5) is 0 Å². The zero-order valence-corrected chi connectivity index (χ0v) is 20.8. The number of nitrogens with one attached hydrogen (secondary N) is 4. The molecule has 11 heteroatoms. The van der Waals surface area contributed by atoms with Gasteiger partial charge in [-0.25, -0.2) is 0 Å². The van der Waals surface area contributed by atoms with Crippen LogP contribution in [-0.2, 0) is 36.8 Å². The van der Waals surface area contributed by atoms with Crippen LogP contribution in [0.3, 0.4) is 0 Å². The summed E-state index contributed by atoms with van der Waals surface area (Å²) in [5, 5.41) is 19.5. The van der Waals surface area contributed by atoms with Crippen molar-refractivity contribution >= 4 is 29.6 Å². The summed E-state index contributed by atoms with van der Waals surface area (Å²) < 4.78 is 0. The molecule has 0 radical (unpaired) electrons. The Labute approximate surface area is 220 Å². The number of carboxylic acid groups (broad SMARTS) is 1. The van der Waals surface area contributed by atoms with E-state index in [1.54, 1.807) is 29.2 Å². The van der Waals surface area contributed by atoms with Gasteiger partial charge in [-0.1, -0.05) is 60.7 Å². The lowest BCUT2D eigenvalue weighted by Gasteiger charge is -2.23. The summed E-state index contributed by atoms with van der Waals surface area (Å²) in [7, 11) is 0. The Bertz CT molecular complexity index is 1170. The van der Waals surface area contributed by atoms with E-state index in [4.69, 9.17) is 5.11 Å². The van der Waals surface area contributed by atoms with E-state index in [0.717, 1.165) is 11.1 Å². The Morgan fingerprint density at radius 2 is 1.61 bits per heavy atom. The fourth-order valence-electron chi connectivity index (χ4n) is 4.91. The van der Waals surface area contributed by atoms with Gasteiger partial charge in [-0.15, -0.1) is 0 Å². The molecule has 1 unspecified atom stereocenters. The second-order valence-corrected chi connectivity index (χ2v) is 9.45. The van der Waals surface area contributed by atoms with Crippen molar-refractivity contribution in [1.82, 2.24) is 26.2 Å². The van der Waals surface area contributed by atoms with Crippen LogP contribution in [0.25, 0.3) is 0 Å². The molecule has 4 amide bonds. The molecule has 2 saturated heterocycles. The first-order valence-electron chi connectivity index (χ1n) is 12.5. The number of benzene rings is 2. The summed E-state index contributed by atoms with van der Waals surface area (Å²) in [5.74, 6) is -3.24. The van der Waals surface area contributed by atoms with E-state index in [2.05, 4.69) is 21.3 Å². The van der Waals surface area contributed by atoms with Crippen LogP contribution in [-0.4, -0.2) is 77.5 Å². The zero-order chi connectivity index (χ0) is 27.1. The van der Waals surface area contributed by atoms with E-state index >= 15 is 0 Å². The number of nitrogens with zero attached hydrogens (tertiary/aromatic N) is 1. The standard InChI is InChI=1S/C27H31N5O6/c33-23(31-20(25(36)30-16-24(34)35)12-18-9-5-2-6-10-18)15-29-26(37)21-14-28-22-13-19(27(38)32(21)22)11-17-7-3-1-4-8-17/h1-10,19-22,28H,11-16H2,(H,29,37)(H,30,36)(H,31,33)(H,34,35)/t19?,20-,21-,22+/m0/s1. The van der Waals surface area contributed by atoms with E-state index in [-0.39, 0.29) is 31.0 Å². The van der Waals surface area contributed by atoms with Crippen molar-refractivity contribution in [1.29, 1.82) is 0 Å². The van der Waals surface area contributed by atoms with Crippen molar-refractivity contribution < 1.29 is 29.1 Å². The maximum Gasteiger partial charge on any atom is 0.322 e. The average Bonchev–Trinajstić information content (AvgIpc) is 3.46. The third kappa shape index (κ3) is 6.74. The first-order chi connectivity index (χ1) is 18.3. The lowest BCUT2D eigenvalue weighted by Crippen LogP contribution is -2.53. The summed E-state index contributed by atoms with van der Waals surface area (Å²) in [6.45, 7) is -0.690. The van der Waals surface area contributed by atoms with Gasteiger partial charge < -0.3 is 26.0 Å². The van der Waals surface area contributed by atoms with Crippen LogP contribution < -0.4 is 21.3 Å². The number of carbonyl (C=O) groups is 5. The van der Waals surface area contributed by atoms with Gasteiger partial charge >= 0.3 is 5.97 Å². The predicted molar refractivity (Wildman–Crippen MR) is 136 cm³/mol. The minimum Gasteiger partial charge on any atom is -0.480 e. The summed E-state index contributed by atoms with van der Waals surface area (Å²) >= 11 is 0. The fourth-order valence-corrected chi connectivity index (χ4v) is 4.91.